The van der Waals surface area contributed by atoms with Gasteiger partial charge in [0.05, 0.1) is 5.69 Å². The lowest BCUT2D eigenvalue weighted by atomic mass is 9.94. The van der Waals surface area contributed by atoms with Crippen molar-refractivity contribution in [3.05, 3.63) is 11.3 Å². The molecule has 1 fully saturated rings. The minimum absolute atomic E-state index is 0.514. The molecule has 1 atom stereocenters. The molecule has 0 radical (unpaired) electrons. The van der Waals surface area contributed by atoms with Crippen LogP contribution in [0.1, 0.15) is 50.8 Å². The number of aromatic nitrogens is 1. The minimum atomic E-state index is 0.514. The summed E-state index contributed by atoms with van der Waals surface area (Å²) in [5, 5.41) is 4.13. The first-order chi connectivity index (χ1) is 7.09. The van der Waals surface area contributed by atoms with E-state index in [9.17, 15) is 0 Å². The molecule has 84 valence electrons. The molecule has 0 aromatic carbocycles. The van der Waals surface area contributed by atoms with Crippen molar-refractivity contribution in [3.8, 4) is 0 Å². The van der Waals surface area contributed by atoms with Crippen molar-refractivity contribution in [2.24, 2.45) is 11.8 Å². The number of hydrogen-bond acceptors (Lipinski definition) is 3. The van der Waals surface area contributed by atoms with E-state index < -0.39 is 0 Å². The van der Waals surface area contributed by atoms with Crippen LogP contribution in [-0.2, 0) is 6.42 Å². The summed E-state index contributed by atoms with van der Waals surface area (Å²) in [6.45, 7) is 6.62. The van der Waals surface area contributed by atoms with Crippen molar-refractivity contribution in [3.63, 3.8) is 0 Å². The van der Waals surface area contributed by atoms with Crippen LogP contribution in [0.25, 0.3) is 0 Å². The van der Waals surface area contributed by atoms with Gasteiger partial charge in [0.15, 0.2) is 0 Å². The van der Waals surface area contributed by atoms with Gasteiger partial charge < -0.3 is 10.3 Å². The molecule has 1 aliphatic rings. The van der Waals surface area contributed by atoms with Gasteiger partial charge in [-0.25, -0.2) is 0 Å². The number of nitrogen functional groups attached to an aromatic ring is 1. The molecule has 1 aromatic heterocycles. The van der Waals surface area contributed by atoms with Crippen LogP contribution >= 0.6 is 0 Å². The molecule has 0 spiro atoms. The lowest BCUT2D eigenvalue weighted by molar-refractivity contribution is 0.417. The molecular formula is C12H20N2O. The zero-order chi connectivity index (χ0) is 11.0. The van der Waals surface area contributed by atoms with Crippen molar-refractivity contribution in [1.29, 1.82) is 0 Å². The van der Waals surface area contributed by atoms with E-state index in [-0.39, 0.29) is 0 Å². The maximum Gasteiger partial charge on any atom is 0.225 e. The monoisotopic (exact) mass is 208 g/mol. The topological polar surface area (TPSA) is 52.0 Å². The van der Waals surface area contributed by atoms with Crippen LogP contribution in [0.4, 0.5) is 5.88 Å². The zero-order valence-corrected chi connectivity index (χ0v) is 9.79. The van der Waals surface area contributed by atoms with Crippen LogP contribution in [-0.4, -0.2) is 5.16 Å². The van der Waals surface area contributed by atoms with Crippen LogP contribution in [0.3, 0.4) is 0 Å². The van der Waals surface area contributed by atoms with E-state index in [0.29, 0.717) is 17.7 Å². The first-order valence-electron chi connectivity index (χ1n) is 5.83. The third kappa shape index (κ3) is 2.16. The second kappa shape index (κ2) is 3.87. The fourth-order valence-corrected chi connectivity index (χ4v) is 2.13. The Balaban J connectivity index is 2.21. The van der Waals surface area contributed by atoms with E-state index in [1.54, 1.807) is 0 Å². The van der Waals surface area contributed by atoms with Gasteiger partial charge in [0, 0.05) is 11.5 Å². The SMILES string of the molecule is CC(C)Cc1c(C(C)C2CC2)noc1N. The lowest BCUT2D eigenvalue weighted by Gasteiger charge is -2.10. The van der Waals surface area contributed by atoms with Crippen LogP contribution in [0.5, 0.6) is 0 Å². The molecule has 0 saturated heterocycles. The Morgan fingerprint density at radius 2 is 2.07 bits per heavy atom. The Kier molecular flexibility index (Phi) is 2.72. The molecule has 0 aliphatic heterocycles. The van der Waals surface area contributed by atoms with Crippen molar-refractivity contribution >= 4 is 5.88 Å². The molecule has 0 bridgehead atoms. The van der Waals surface area contributed by atoms with Gasteiger partial charge in [-0.2, -0.15) is 0 Å². The highest BCUT2D eigenvalue weighted by atomic mass is 16.5. The third-order valence-electron chi connectivity index (χ3n) is 3.22. The summed E-state index contributed by atoms with van der Waals surface area (Å²) < 4.78 is 5.12. The van der Waals surface area contributed by atoms with Crippen molar-refractivity contribution in [2.75, 3.05) is 5.73 Å². The van der Waals surface area contributed by atoms with Crippen molar-refractivity contribution < 1.29 is 4.52 Å². The van der Waals surface area contributed by atoms with Crippen LogP contribution in [0.15, 0.2) is 4.52 Å². The van der Waals surface area contributed by atoms with Gasteiger partial charge in [0.1, 0.15) is 0 Å². The van der Waals surface area contributed by atoms with Gasteiger partial charge in [-0.15, -0.1) is 0 Å². The quantitative estimate of drug-likeness (QED) is 0.827. The standard InChI is InChI=1S/C12H20N2O/c1-7(2)6-10-11(14-15-12(10)13)8(3)9-4-5-9/h7-9H,4-6,13H2,1-3H3. The maximum atomic E-state index is 5.82. The highest BCUT2D eigenvalue weighted by molar-refractivity contribution is 5.41. The molecule has 1 aromatic rings. The van der Waals surface area contributed by atoms with Crippen LogP contribution in [0, 0.1) is 11.8 Å². The van der Waals surface area contributed by atoms with Gasteiger partial charge in [0.25, 0.3) is 0 Å². The molecule has 15 heavy (non-hydrogen) atoms. The molecule has 0 amide bonds. The Bertz CT molecular complexity index is 339. The molecule has 1 heterocycles. The first-order valence-corrected chi connectivity index (χ1v) is 5.83. The highest BCUT2D eigenvalue weighted by Gasteiger charge is 2.33. The molecule has 1 saturated carbocycles. The van der Waals surface area contributed by atoms with E-state index in [1.807, 2.05) is 0 Å². The predicted octanol–water partition coefficient (Wildman–Crippen LogP) is 2.97. The van der Waals surface area contributed by atoms with Gasteiger partial charge in [-0.05, 0) is 31.1 Å². The Morgan fingerprint density at radius 3 is 2.60 bits per heavy atom. The van der Waals surface area contributed by atoms with E-state index in [0.717, 1.165) is 23.6 Å². The van der Waals surface area contributed by atoms with Crippen molar-refractivity contribution in [2.45, 2.75) is 46.0 Å². The Morgan fingerprint density at radius 1 is 1.40 bits per heavy atom. The van der Waals surface area contributed by atoms with E-state index in [2.05, 4.69) is 25.9 Å². The molecule has 1 unspecified atom stereocenters. The Labute approximate surface area is 91.0 Å². The summed E-state index contributed by atoms with van der Waals surface area (Å²) in [6.07, 6.45) is 3.63. The summed E-state index contributed by atoms with van der Waals surface area (Å²) in [5.41, 5.74) is 8.06. The summed E-state index contributed by atoms with van der Waals surface area (Å²) in [6, 6.07) is 0. The van der Waals surface area contributed by atoms with Crippen LogP contribution in [0.2, 0.25) is 0 Å². The second-order valence-corrected chi connectivity index (χ2v) is 5.13. The number of nitrogens with two attached hydrogens (primary N) is 1. The van der Waals surface area contributed by atoms with Gasteiger partial charge in [-0.1, -0.05) is 25.9 Å². The molecule has 2 rings (SSSR count). The summed E-state index contributed by atoms with van der Waals surface area (Å²) in [5.74, 6) is 2.43. The Hall–Kier alpha value is -0.990. The largest absolute Gasteiger partial charge is 0.367 e. The average Bonchev–Trinajstić information content (AvgIpc) is 2.93. The number of nitrogens with zero attached hydrogens (tertiary/aromatic N) is 1. The third-order valence-corrected chi connectivity index (χ3v) is 3.22. The number of anilines is 1. The fourth-order valence-electron chi connectivity index (χ4n) is 2.13. The maximum absolute atomic E-state index is 5.82. The fraction of sp³-hybridized carbons (Fsp3) is 0.750. The summed E-state index contributed by atoms with van der Waals surface area (Å²) in [7, 11) is 0. The average molecular weight is 208 g/mol. The van der Waals surface area contributed by atoms with Gasteiger partial charge in [-0.3, -0.25) is 0 Å². The van der Waals surface area contributed by atoms with Crippen molar-refractivity contribution in [1.82, 2.24) is 5.16 Å². The van der Waals surface area contributed by atoms with Crippen LogP contribution < -0.4 is 5.73 Å². The normalized spacial score (nSPS) is 18.4. The predicted molar refractivity (Wildman–Crippen MR) is 60.6 cm³/mol. The van der Waals surface area contributed by atoms with E-state index >= 15 is 0 Å². The summed E-state index contributed by atoms with van der Waals surface area (Å²) in [4.78, 5) is 0. The van der Waals surface area contributed by atoms with E-state index in [1.165, 1.54) is 12.8 Å². The molecule has 1 aliphatic carbocycles. The summed E-state index contributed by atoms with van der Waals surface area (Å²) >= 11 is 0. The second-order valence-electron chi connectivity index (χ2n) is 5.13. The van der Waals surface area contributed by atoms with E-state index in [4.69, 9.17) is 10.3 Å². The molecule has 3 heteroatoms. The van der Waals surface area contributed by atoms with Gasteiger partial charge >= 0.3 is 0 Å². The first kappa shape index (κ1) is 10.5. The number of hydrogen-bond donors (Lipinski definition) is 1. The molecule has 2 N–H and O–H groups in total. The highest BCUT2D eigenvalue weighted by Crippen LogP contribution is 2.43. The zero-order valence-electron chi connectivity index (χ0n) is 9.79. The minimum Gasteiger partial charge on any atom is -0.367 e. The lowest BCUT2D eigenvalue weighted by Crippen LogP contribution is -2.04. The van der Waals surface area contributed by atoms with Gasteiger partial charge in [0.2, 0.25) is 5.88 Å². The smallest absolute Gasteiger partial charge is 0.225 e. The molecule has 3 nitrogen and oxygen atoms in total. The molecular weight excluding hydrogens is 188 g/mol. The number of rotatable bonds is 4.